The zero-order valence-corrected chi connectivity index (χ0v) is 8.25. The second-order valence-corrected chi connectivity index (χ2v) is 4.96. The van der Waals surface area contributed by atoms with Crippen LogP contribution in [0.3, 0.4) is 0 Å². The van der Waals surface area contributed by atoms with Crippen molar-refractivity contribution in [2.45, 2.75) is 6.42 Å². The maximum Gasteiger partial charge on any atom is 0.210 e. The lowest BCUT2D eigenvalue weighted by atomic mass is 10.3. The van der Waals surface area contributed by atoms with E-state index < -0.39 is 9.84 Å². The minimum absolute atomic E-state index is 0.0434. The number of ether oxygens (including phenoxy) is 1. The summed E-state index contributed by atoms with van der Waals surface area (Å²) in [5.74, 6) is 0.399. The third-order valence-corrected chi connectivity index (χ3v) is 3.87. The molecule has 2 heterocycles. The highest BCUT2D eigenvalue weighted by Gasteiger charge is 2.34. The lowest BCUT2D eigenvalue weighted by Crippen LogP contribution is -1.99. The van der Waals surface area contributed by atoms with Gasteiger partial charge in [0.25, 0.3) is 0 Å². The third kappa shape index (κ3) is 1.29. The molecule has 14 heavy (non-hydrogen) atoms. The van der Waals surface area contributed by atoms with E-state index in [9.17, 15) is 8.42 Å². The van der Waals surface area contributed by atoms with Crippen LogP contribution >= 0.6 is 0 Å². The predicted molar refractivity (Wildman–Crippen MR) is 50.8 cm³/mol. The van der Waals surface area contributed by atoms with Gasteiger partial charge < -0.3 is 9.84 Å². The predicted octanol–water partition coefficient (Wildman–Crippen LogP) is 0.479. The van der Waals surface area contributed by atoms with Gasteiger partial charge in [0, 0.05) is 19.1 Å². The van der Waals surface area contributed by atoms with E-state index in [1.165, 1.54) is 6.08 Å². The number of aliphatic hydroxyl groups is 1. The average Bonchev–Trinajstić information content (AvgIpc) is 2.56. The summed E-state index contributed by atoms with van der Waals surface area (Å²) in [6.45, 7) is 0.379. The van der Waals surface area contributed by atoms with Gasteiger partial charge >= 0.3 is 0 Å². The van der Waals surface area contributed by atoms with Crippen LogP contribution in [0.2, 0.25) is 0 Å². The first kappa shape index (κ1) is 9.48. The molecule has 2 aliphatic rings. The summed E-state index contributed by atoms with van der Waals surface area (Å²) in [7, 11) is -3.24. The van der Waals surface area contributed by atoms with E-state index in [-0.39, 0.29) is 11.5 Å². The second-order valence-electron chi connectivity index (χ2n) is 3.04. The molecule has 0 fully saturated rings. The van der Waals surface area contributed by atoms with E-state index >= 15 is 0 Å². The van der Waals surface area contributed by atoms with Crippen molar-refractivity contribution < 1.29 is 18.3 Å². The summed E-state index contributed by atoms with van der Waals surface area (Å²) in [4.78, 5) is 0.539. The Balaban J connectivity index is 2.16. The molecule has 0 aromatic carbocycles. The van der Waals surface area contributed by atoms with Crippen LogP contribution in [0.5, 0.6) is 0 Å². The maximum absolute atomic E-state index is 11.5. The zero-order chi connectivity index (χ0) is 10.2. The second kappa shape index (κ2) is 3.25. The van der Waals surface area contributed by atoms with Gasteiger partial charge in [-0.15, -0.1) is 0 Å². The molecule has 0 amide bonds. The largest absolute Gasteiger partial charge is 0.492 e. The van der Waals surface area contributed by atoms with E-state index in [2.05, 4.69) is 0 Å². The van der Waals surface area contributed by atoms with E-state index in [1.54, 1.807) is 12.2 Å². The van der Waals surface area contributed by atoms with Crippen molar-refractivity contribution in [2.75, 3.05) is 13.2 Å². The van der Waals surface area contributed by atoms with Gasteiger partial charge in [-0.25, -0.2) is 8.42 Å². The van der Waals surface area contributed by atoms with Crippen LogP contribution < -0.4 is 0 Å². The summed E-state index contributed by atoms with van der Waals surface area (Å²) in [5.41, 5.74) is 0. The molecule has 0 aliphatic carbocycles. The zero-order valence-electron chi connectivity index (χ0n) is 7.43. The molecule has 2 aliphatic heterocycles. The number of allylic oxidation sites excluding steroid dienone is 3. The molecule has 0 spiro atoms. The lowest BCUT2D eigenvalue weighted by Gasteiger charge is -2.04. The molecular formula is C9H10O4S. The number of hydrogen-bond acceptors (Lipinski definition) is 4. The fourth-order valence-corrected chi connectivity index (χ4v) is 2.76. The summed E-state index contributed by atoms with van der Waals surface area (Å²) in [5, 5.41) is 8.53. The van der Waals surface area contributed by atoms with Gasteiger partial charge in [0.05, 0.1) is 11.5 Å². The number of rotatable bonds is 4. The van der Waals surface area contributed by atoms with Gasteiger partial charge in [0.15, 0.2) is 0 Å². The molecule has 2 bridgehead atoms. The van der Waals surface area contributed by atoms with Crippen molar-refractivity contribution in [1.82, 2.24) is 0 Å². The van der Waals surface area contributed by atoms with Gasteiger partial charge in [-0.3, -0.25) is 0 Å². The molecule has 0 aromatic heterocycles. The van der Waals surface area contributed by atoms with Crippen molar-refractivity contribution in [3.8, 4) is 0 Å². The molecule has 1 N–H and O–H groups in total. The molecule has 2 rings (SSSR count). The van der Waals surface area contributed by atoms with Crippen LogP contribution in [0.1, 0.15) is 6.42 Å². The summed E-state index contributed by atoms with van der Waals surface area (Å²) in [6, 6.07) is 0. The minimum atomic E-state index is -3.24. The number of fused-ring (bicyclic) bond motifs is 2. The third-order valence-electron chi connectivity index (χ3n) is 2.08. The van der Waals surface area contributed by atoms with Crippen molar-refractivity contribution in [3.63, 3.8) is 0 Å². The van der Waals surface area contributed by atoms with Gasteiger partial charge in [0.2, 0.25) is 9.84 Å². The Morgan fingerprint density at radius 3 is 2.64 bits per heavy atom. The van der Waals surface area contributed by atoms with Gasteiger partial charge in [0.1, 0.15) is 10.7 Å². The smallest absolute Gasteiger partial charge is 0.210 e. The van der Waals surface area contributed by atoms with Gasteiger partial charge in [-0.1, -0.05) is 0 Å². The first-order chi connectivity index (χ1) is 6.66. The Morgan fingerprint density at radius 2 is 2.14 bits per heavy atom. The first-order valence-corrected chi connectivity index (χ1v) is 5.77. The lowest BCUT2D eigenvalue weighted by molar-refractivity contribution is 0.184. The van der Waals surface area contributed by atoms with Gasteiger partial charge in [-0.2, -0.15) is 0 Å². The minimum Gasteiger partial charge on any atom is -0.492 e. The Bertz CT molecular complexity index is 439. The Labute approximate surface area is 82.1 Å². The van der Waals surface area contributed by atoms with E-state index in [1.807, 2.05) is 0 Å². The molecule has 4 nitrogen and oxygen atoms in total. The molecule has 76 valence electrons. The maximum atomic E-state index is 11.5. The fraction of sp³-hybridized carbons (Fsp3) is 0.333. The average molecular weight is 214 g/mol. The highest BCUT2D eigenvalue weighted by atomic mass is 32.2. The summed E-state index contributed by atoms with van der Waals surface area (Å²) < 4.78 is 28.2. The monoisotopic (exact) mass is 214 g/mol. The summed E-state index contributed by atoms with van der Waals surface area (Å²) >= 11 is 0. The molecule has 0 saturated carbocycles. The Hall–Kier alpha value is -1.07. The highest BCUT2D eigenvalue weighted by Crippen LogP contribution is 2.37. The molecule has 0 radical (unpaired) electrons. The molecular weight excluding hydrogens is 204 g/mol. The van der Waals surface area contributed by atoms with Crippen LogP contribution in [-0.4, -0.2) is 26.7 Å². The quantitative estimate of drug-likeness (QED) is 0.691. The van der Waals surface area contributed by atoms with Crippen molar-refractivity contribution in [3.05, 3.63) is 33.8 Å². The van der Waals surface area contributed by atoms with Crippen molar-refractivity contribution in [1.29, 1.82) is 0 Å². The Morgan fingerprint density at radius 1 is 1.36 bits per heavy atom. The van der Waals surface area contributed by atoms with Crippen LogP contribution in [0.15, 0.2) is 33.8 Å². The highest BCUT2D eigenvalue weighted by molar-refractivity contribution is 8.00. The van der Waals surface area contributed by atoms with Crippen LogP contribution in [0.4, 0.5) is 0 Å². The first-order valence-electron chi connectivity index (χ1n) is 4.29. The van der Waals surface area contributed by atoms with Crippen molar-refractivity contribution in [2.24, 2.45) is 0 Å². The number of sulfone groups is 1. The molecule has 0 unspecified atom stereocenters. The Kier molecular flexibility index (Phi) is 2.20. The van der Waals surface area contributed by atoms with Crippen LogP contribution in [0, 0.1) is 0 Å². The molecule has 0 aromatic rings. The molecule has 5 heteroatoms. The van der Waals surface area contributed by atoms with Crippen LogP contribution in [-0.2, 0) is 14.6 Å². The van der Waals surface area contributed by atoms with E-state index in [0.717, 1.165) is 0 Å². The van der Waals surface area contributed by atoms with Gasteiger partial charge in [-0.05, 0) is 12.2 Å². The summed E-state index contributed by atoms with van der Waals surface area (Å²) in [6.07, 6.45) is 5.12. The number of aliphatic hydroxyl groups excluding tert-OH is 1. The van der Waals surface area contributed by atoms with E-state index in [4.69, 9.17) is 9.84 Å². The molecule has 0 saturated heterocycles. The standard InChI is InChI=1S/C9H10O4S/c10-4-1-5-13-8-6-7-2-3-9(8)14(7,11)12/h2-3,6,10H,1,4-5H2. The molecule has 0 atom stereocenters. The normalized spacial score (nSPS) is 21.6. The van der Waals surface area contributed by atoms with Crippen LogP contribution in [0.25, 0.3) is 0 Å². The topological polar surface area (TPSA) is 63.6 Å². The fourth-order valence-electron chi connectivity index (χ4n) is 1.36. The number of hydrogen-bond donors (Lipinski definition) is 1. The van der Waals surface area contributed by atoms with Crippen molar-refractivity contribution >= 4 is 9.84 Å². The SMILES string of the molecule is O=S1(=O)C2=CC(OCCCO)=C1C=C2. The van der Waals surface area contributed by atoms with E-state index in [0.29, 0.717) is 23.7 Å².